The zero-order valence-electron chi connectivity index (χ0n) is 13.1. The topological polar surface area (TPSA) is 43.4 Å². The molecule has 0 saturated carbocycles. The summed E-state index contributed by atoms with van der Waals surface area (Å²) in [7, 11) is 0. The van der Waals surface area contributed by atoms with Gasteiger partial charge in [0, 0.05) is 32.0 Å². The molecular weight excluding hydrogens is 309 g/mol. The molecule has 3 heterocycles. The van der Waals surface area contributed by atoms with Crippen LogP contribution in [0.25, 0.3) is 5.69 Å². The van der Waals surface area contributed by atoms with Crippen molar-refractivity contribution >= 4 is 0 Å². The molecule has 1 aliphatic rings. The molecule has 1 unspecified atom stereocenters. The van der Waals surface area contributed by atoms with Gasteiger partial charge < -0.3 is 13.7 Å². The van der Waals surface area contributed by atoms with E-state index in [2.05, 4.69) is 9.88 Å². The normalized spacial score (nSPS) is 18.8. The number of ether oxygens (including phenoxy) is 1. The van der Waals surface area contributed by atoms with Gasteiger partial charge in [0.25, 0.3) is 0 Å². The number of nitrogens with zero attached hydrogens (tertiary/aromatic N) is 3. The molecule has 1 aliphatic heterocycles. The summed E-state index contributed by atoms with van der Waals surface area (Å²) in [5.41, 5.74) is 1.45. The van der Waals surface area contributed by atoms with Crippen molar-refractivity contribution < 1.29 is 13.5 Å². The van der Waals surface area contributed by atoms with Gasteiger partial charge in [0.15, 0.2) is 0 Å². The van der Waals surface area contributed by atoms with Gasteiger partial charge >= 0.3 is 0 Å². The quantitative estimate of drug-likeness (QED) is 0.738. The summed E-state index contributed by atoms with van der Waals surface area (Å²) in [6.07, 6.45) is 6.54. The molecule has 1 aromatic carbocycles. The molecule has 5 nitrogen and oxygen atoms in total. The van der Waals surface area contributed by atoms with Gasteiger partial charge in [-0.2, -0.15) is 0 Å². The predicted octanol–water partition coefficient (Wildman–Crippen LogP) is 3.18. The molecule has 0 radical (unpaired) electrons. The van der Waals surface area contributed by atoms with E-state index in [-0.39, 0.29) is 11.9 Å². The maximum Gasteiger partial charge on any atom is 0.147 e. The van der Waals surface area contributed by atoms with Gasteiger partial charge in [-0.1, -0.05) is 6.07 Å². The van der Waals surface area contributed by atoms with Crippen molar-refractivity contribution in [2.45, 2.75) is 12.6 Å². The number of hydrogen-bond acceptors (Lipinski definition) is 4. The van der Waals surface area contributed by atoms with Crippen molar-refractivity contribution in [3.8, 4) is 5.69 Å². The highest BCUT2D eigenvalue weighted by molar-refractivity contribution is 5.36. The molecule has 1 fully saturated rings. The van der Waals surface area contributed by atoms with E-state index in [1.807, 2.05) is 18.2 Å². The summed E-state index contributed by atoms with van der Waals surface area (Å²) in [6.45, 7) is 2.88. The Kier molecular flexibility index (Phi) is 4.15. The van der Waals surface area contributed by atoms with Crippen LogP contribution in [0.3, 0.4) is 0 Å². The van der Waals surface area contributed by atoms with Crippen molar-refractivity contribution in [1.82, 2.24) is 14.5 Å². The summed E-state index contributed by atoms with van der Waals surface area (Å²) in [5, 5.41) is 0. The van der Waals surface area contributed by atoms with Crippen molar-refractivity contribution in [1.29, 1.82) is 0 Å². The molecule has 0 amide bonds. The van der Waals surface area contributed by atoms with Gasteiger partial charge in [-0.05, 0) is 29.8 Å². The third-order valence-electron chi connectivity index (χ3n) is 4.21. The summed E-state index contributed by atoms with van der Waals surface area (Å²) in [6, 6.07) is 9.12. The van der Waals surface area contributed by atoms with Gasteiger partial charge in [-0.25, -0.2) is 9.37 Å². The van der Waals surface area contributed by atoms with E-state index in [0.29, 0.717) is 18.8 Å². The highest BCUT2D eigenvalue weighted by Gasteiger charge is 2.24. The van der Waals surface area contributed by atoms with Gasteiger partial charge in [-0.15, -0.1) is 0 Å². The lowest BCUT2D eigenvalue weighted by atomic mass is 10.1. The fourth-order valence-electron chi connectivity index (χ4n) is 3.01. The Balaban J connectivity index is 1.46. The summed E-state index contributed by atoms with van der Waals surface area (Å²) in [5.74, 6) is 0.586. The largest absolute Gasteiger partial charge is 0.467 e. The molecular formula is C18H18FN3O2. The van der Waals surface area contributed by atoms with Gasteiger partial charge in [-0.3, -0.25) is 4.90 Å². The Hall–Kier alpha value is -2.44. The molecule has 2 aromatic heterocycles. The van der Waals surface area contributed by atoms with Crippen LogP contribution in [0.1, 0.15) is 17.4 Å². The molecule has 0 N–H and O–H groups in total. The number of benzene rings is 1. The Morgan fingerprint density at radius 2 is 2.25 bits per heavy atom. The number of furan rings is 1. The fraction of sp³-hybridized carbons (Fsp3) is 0.278. The van der Waals surface area contributed by atoms with Crippen LogP contribution >= 0.6 is 0 Å². The first-order valence-corrected chi connectivity index (χ1v) is 7.94. The number of aromatic nitrogens is 2. The van der Waals surface area contributed by atoms with Crippen LogP contribution in [0.4, 0.5) is 4.39 Å². The zero-order chi connectivity index (χ0) is 16.4. The zero-order valence-corrected chi connectivity index (χ0v) is 13.1. The van der Waals surface area contributed by atoms with Crippen LogP contribution in [0.5, 0.6) is 0 Å². The van der Waals surface area contributed by atoms with Crippen LogP contribution in [-0.2, 0) is 11.3 Å². The number of rotatable bonds is 4. The third kappa shape index (κ3) is 3.11. The van der Waals surface area contributed by atoms with E-state index >= 15 is 0 Å². The fourth-order valence-corrected chi connectivity index (χ4v) is 3.01. The first kappa shape index (κ1) is 15.1. The molecule has 0 aliphatic carbocycles. The number of morpholine rings is 1. The highest BCUT2D eigenvalue weighted by Crippen LogP contribution is 2.24. The van der Waals surface area contributed by atoms with E-state index in [9.17, 15) is 4.39 Å². The first-order chi connectivity index (χ1) is 11.8. The summed E-state index contributed by atoms with van der Waals surface area (Å²) in [4.78, 5) is 6.21. The molecule has 24 heavy (non-hydrogen) atoms. The van der Waals surface area contributed by atoms with Crippen LogP contribution in [0.2, 0.25) is 0 Å². The molecule has 1 saturated heterocycles. The third-order valence-corrected chi connectivity index (χ3v) is 4.21. The minimum atomic E-state index is -0.249. The average molecular weight is 327 g/mol. The molecule has 0 spiro atoms. The lowest BCUT2D eigenvalue weighted by Crippen LogP contribution is -2.37. The van der Waals surface area contributed by atoms with Crippen molar-refractivity contribution in [2.24, 2.45) is 0 Å². The van der Waals surface area contributed by atoms with Crippen LogP contribution < -0.4 is 0 Å². The van der Waals surface area contributed by atoms with Gasteiger partial charge in [0.05, 0.1) is 24.9 Å². The van der Waals surface area contributed by atoms with Crippen LogP contribution in [0, 0.1) is 5.82 Å². The standard InChI is InChI=1S/C18H18FN3O2/c19-15-10-14(3-4-16(15)22-6-5-20-13-22)11-21-7-9-24-18(12-21)17-2-1-8-23-17/h1-6,8,10,13,18H,7,9,11-12H2. The van der Waals surface area contributed by atoms with Crippen molar-refractivity contribution in [3.05, 3.63) is 72.5 Å². The average Bonchev–Trinajstić information content (AvgIpc) is 3.29. The Morgan fingerprint density at radius 3 is 3.00 bits per heavy atom. The van der Waals surface area contributed by atoms with E-state index in [1.54, 1.807) is 41.7 Å². The van der Waals surface area contributed by atoms with E-state index in [4.69, 9.17) is 9.15 Å². The Bertz CT molecular complexity index is 787. The van der Waals surface area contributed by atoms with E-state index < -0.39 is 0 Å². The molecule has 4 rings (SSSR count). The lowest BCUT2D eigenvalue weighted by molar-refractivity contribution is -0.0428. The second-order valence-corrected chi connectivity index (χ2v) is 5.87. The predicted molar refractivity (Wildman–Crippen MR) is 86.2 cm³/mol. The van der Waals surface area contributed by atoms with Crippen LogP contribution in [0.15, 0.2) is 59.7 Å². The second-order valence-electron chi connectivity index (χ2n) is 5.87. The first-order valence-electron chi connectivity index (χ1n) is 7.94. The maximum absolute atomic E-state index is 14.4. The number of imidazole rings is 1. The van der Waals surface area contributed by atoms with E-state index in [1.165, 1.54) is 0 Å². The highest BCUT2D eigenvalue weighted by atomic mass is 19.1. The monoisotopic (exact) mass is 327 g/mol. The molecule has 124 valence electrons. The minimum absolute atomic E-state index is 0.0659. The Labute approximate surface area is 139 Å². The molecule has 3 aromatic rings. The summed E-state index contributed by atoms with van der Waals surface area (Å²) < 4.78 is 27.2. The number of hydrogen-bond donors (Lipinski definition) is 0. The van der Waals surface area contributed by atoms with Crippen LogP contribution in [-0.4, -0.2) is 34.1 Å². The van der Waals surface area contributed by atoms with Crippen molar-refractivity contribution in [2.75, 3.05) is 19.7 Å². The minimum Gasteiger partial charge on any atom is -0.467 e. The Morgan fingerprint density at radius 1 is 1.29 bits per heavy atom. The molecule has 6 heteroatoms. The SMILES string of the molecule is Fc1cc(CN2CCOC(c3ccco3)C2)ccc1-n1ccnc1. The molecule has 0 bridgehead atoms. The second kappa shape index (κ2) is 6.59. The van der Waals surface area contributed by atoms with Gasteiger partial charge in [0.1, 0.15) is 17.7 Å². The van der Waals surface area contributed by atoms with E-state index in [0.717, 1.165) is 24.4 Å². The molecule has 1 atom stereocenters. The lowest BCUT2D eigenvalue weighted by Gasteiger charge is -2.32. The van der Waals surface area contributed by atoms with Crippen molar-refractivity contribution in [3.63, 3.8) is 0 Å². The number of halogens is 1. The maximum atomic E-state index is 14.4. The van der Waals surface area contributed by atoms with Gasteiger partial charge in [0.2, 0.25) is 0 Å². The summed E-state index contributed by atoms with van der Waals surface area (Å²) >= 11 is 0. The smallest absolute Gasteiger partial charge is 0.147 e.